The van der Waals surface area contributed by atoms with Gasteiger partial charge >= 0.3 is 30.9 Å². The van der Waals surface area contributed by atoms with Crippen LogP contribution in [-0.2, 0) is 4.79 Å². The molecule has 3 aromatic carbocycles. The van der Waals surface area contributed by atoms with Crippen molar-refractivity contribution in [2.45, 2.75) is 58.9 Å². The summed E-state index contributed by atoms with van der Waals surface area (Å²) in [5.41, 5.74) is 5.60. The van der Waals surface area contributed by atoms with Gasteiger partial charge in [0.1, 0.15) is 19.3 Å². The fourth-order valence-electron chi connectivity index (χ4n) is 5.96. The maximum atomic E-state index is 13.6. The number of anilines is 2. The molecule has 0 unspecified atom stereocenters. The minimum Gasteiger partial charge on any atom is -0.870 e. The number of fused-ring (bicyclic) bond motifs is 1. The Morgan fingerprint density at radius 3 is 2.09 bits per heavy atom. The van der Waals surface area contributed by atoms with Gasteiger partial charge in [-0.3, -0.25) is 4.79 Å². The summed E-state index contributed by atoms with van der Waals surface area (Å²) in [5.74, 6) is -0.468. The molecule has 44 heavy (non-hydrogen) atoms. The molecule has 1 fully saturated rings. The van der Waals surface area contributed by atoms with Gasteiger partial charge in [0.25, 0.3) is 5.91 Å². The number of carboxylic acids is 1. The first-order valence-electron chi connectivity index (χ1n) is 14.4. The number of carbonyl (C=O) groups excluding carboxylic acids is 2. The molecule has 0 spiro atoms. The Bertz CT molecular complexity index is 1500. The molecule has 228 valence electrons. The fourth-order valence-corrected chi connectivity index (χ4v) is 5.96. The average Bonchev–Trinajstić information content (AvgIpc) is 2.97. The van der Waals surface area contributed by atoms with E-state index in [0.29, 0.717) is 30.4 Å². The topological polar surface area (TPSA) is 156 Å². The molecular formula is C33H38LiN3O7. The standard InChI is InChI=1S/C33H37N3O6.Li.H2O/c1-19-15-20(2)29(21(3)16-19)36-33(40)34-26-17-23(24-10-12-27-28(18-24)42-14-13-41-27)9-11-25(26)31(37)35-30(32(38)39)22-7-5-4-6-8-22;;/h9-12,15-18,22,30H,4-8,13-14H2,1-3H3,(H,35,37)(H,38,39)(H2,34,36,40);;1H2/q;+1;/p-1/t30-;;/m0../s1. The molecule has 1 aliphatic heterocycles. The van der Waals surface area contributed by atoms with E-state index in [1.165, 1.54) is 0 Å². The Hall–Kier alpha value is -3.97. The van der Waals surface area contributed by atoms with Crippen LogP contribution in [0.2, 0.25) is 0 Å². The zero-order valence-corrected chi connectivity index (χ0v) is 25.7. The van der Waals surface area contributed by atoms with E-state index < -0.39 is 23.9 Å². The number of aryl methyl sites for hydroxylation is 3. The van der Waals surface area contributed by atoms with Crippen LogP contribution in [0.5, 0.6) is 11.5 Å². The van der Waals surface area contributed by atoms with Gasteiger partial charge in [-0.15, -0.1) is 0 Å². The SMILES string of the molecule is Cc1cc(C)c(NC(=O)Nc2cc(-c3ccc4c(c3)OCCO4)ccc2C(=O)N[C@H](C(=O)O)C2CCCCC2)c(C)c1.[Li+].[OH-]. The molecule has 0 radical (unpaired) electrons. The number of ether oxygens (including phenoxy) is 2. The van der Waals surface area contributed by atoms with Crippen molar-refractivity contribution in [3.8, 4) is 22.6 Å². The van der Waals surface area contributed by atoms with Crippen LogP contribution >= 0.6 is 0 Å². The molecule has 3 aromatic rings. The molecule has 1 heterocycles. The molecule has 10 nitrogen and oxygen atoms in total. The summed E-state index contributed by atoms with van der Waals surface area (Å²) >= 11 is 0. The molecule has 1 aliphatic carbocycles. The van der Waals surface area contributed by atoms with Gasteiger partial charge in [0, 0.05) is 5.69 Å². The van der Waals surface area contributed by atoms with E-state index in [1.807, 2.05) is 51.1 Å². The van der Waals surface area contributed by atoms with Crippen LogP contribution in [0.4, 0.5) is 16.2 Å². The molecule has 11 heteroatoms. The van der Waals surface area contributed by atoms with Gasteiger partial charge in [-0.1, -0.05) is 49.1 Å². The second-order valence-corrected chi connectivity index (χ2v) is 11.2. The van der Waals surface area contributed by atoms with Gasteiger partial charge in [-0.2, -0.15) is 0 Å². The number of carbonyl (C=O) groups is 3. The Labute approximate surface area is 269 Å². The maximum Gasteiger partial charge on any atom is 1.00 e. The summed E-state index contributed by atoms with van der Waals surface area (Å²) in [5, 5.41) is 18.5. The zero-order valence-electron chi connectivity index (χ0n) is 25.7. The normalized spacial score (nSPS) is 14.7. The number of carboxylic acid groups (broad SMARTS) is 1. The van der Waals surface area contributed by atoms with E-state index in [1.54, 1.807) is 18.2 Å². The summed E-state index contributed by atoms with van der Waals surface area (Å²) in [6, 6.07) is 13.1. The molecule has 0 saturated heterocycles. The first kappa shape index (κ1) is 34.5. The van der Waals surface area contributed by atoms with Gasteiger partial charge in [0.2, 0.25) is 0 Å². The molecule has 1 atom stereocenters. The molecule has 5 N–H and O–H groups in total. The van der Waals surface area contributed by atoms with Crippen LogP contribution < -0.4 is 44.3 Å². The van der Waals surface area contributed by atoms with Crippen molar-refractivity contribution in [2.24, 2.45) is 5.92 Å². The Morgan fingerprint density at radius 1 is 0.818 bits per heavy atom. The van der Waals surface area contributed by atoms with Gasteiger partial charge in [-0.25, -0.2) is 9.59 Å². The smallest absolute Gasteiger partial charge is 0.870 e. The summed E-state index contributed by atoms with van der Waals surface area (Å²) in [6.07, 6.45) is 4.46. The number of hydrogen-bond donors (Lipinski definition) is 4. The third-order valence-corrected chi connectivity index (χ3v) is 7.98. The molecule has 0 aromatic heterocycles. The Kier molecular flexibility index (Phi) is 11.9. The number of hydrogen-bond acceptors (Lipinski definition) is 6. The van der Waals surface area contributed by atoms with Crippen LogP contribution in [0, 0.1) is 26.7 Å². The van der Waals surface area contributed by atoms with E-state index in [2.05, 4.69) is 16.0 Å². The molecular weight excluding hydrogens is 557 g/mol. The van der Waals surface area contributed by atoms with Crippen molar-refractivity contribution in [3.63, 3.8) is 0 Å². The maximum absolute atomic E-state index is 13.6. The monoisotopic (exact) mass is 595 g/mol. The van der Waals surface area contributed by atoms with E-state index >= 15 is 0 Å². The van der Waals surface area contributed by atoms with Gasteiger partial charge in [-0.05, 0) is 86.1 Å². The van der Waals surface area contributed by atoms with Crippen molar-refractivity contribution >= 4 is 29.3 Å². The average molecular weight is 596 g/mol. The summed E-state index contributed by atoms with van der Waals surface area (Å²) in [6.45, 7) is 6.78. The number of nitrogens with one attached hydrogen (secondary N) is 3. The molecule has 3 amide bonds. The molecule has 2 aliphatic rings. The van der Waals surface area contributed by atoms with Crippen LogP contribution in [0.25, 0.3) is 11.1 Å². The van der Waals surface area contributed by atoms with E-state index in [-0.39, 0.29) is 41.5 Å². The minimum atomic E-state index is -1.05. The minimum absolute atomic E-state index is 0. The van der Waals surface area contributed by atoms with Crippen LogP contribution in [0.15, 0.2) is 48.5 Å². The van der Waals surface area contributed by atoms with Crippen molar-refractivity contribution in [3.05, 3.63) is 70.8 Å². The van der Waals surface area contributed by atoms with Crippen LogP contribution in [-0.4, -0.2) is 47.7 Å². The van der Waals surface area contributed by atoms with Crippen molar-refractivity contribution in [1.29, 1.82) is 0 Å². The zero-order chi connectivity index (χ0) is 29.8. The predicted octanol–water partition coefficient (Wildman–Crippen LogP) is 3.28. The van der Waals surface area contributed by atoms with Gasteiger partial charge in [0.15, 0.2) is 11.5 Å². The van der Waals surface area contributed by atoms with Crippen LogP contribution in [0.3, 0.4) is 0 Å². The number of urea groups is 1. The van der Waals surface area contributed by atoms with E-state index in [4.69, 9.17) is 9.47 Å². The third kappa shape index (κ3) is 7.94. The second-order valence-electron chi connectivity index (χ2n) is 11.2. The summed E-state index contributed by atoms with van der Waals surface area (Å²) in [4.78, 5) is 39.0. The van der Waals surface area contributed by atoms with Crippen molar-refractivity contribution in [1.82, 2.24) is 5.32 Å². The van der Waals surface area contributed by atoms with Gasteiger partial charge in [0.05, 0.1) is 11.3 Å². The Morgan fingerprint density at radius 2 is 1.43 bits per heavy atom. The first-order valence-corrected chi connectivity index (χ1v) is 14.4. The van der Waals surface area contributed by atoms with E-state index in [9.17, 15) is 19.5 Å². The number of benzene rings is 3. The van der Waals surface area contributed by atoms with E-state index in [0.717, 1.165) is 59.9 Å². The van der Waals surface area contributed by atoms with Gasteiger partial charge < -0.3 is 36.0 Å². The quantitative estimate of drug-likeness (QED) is 0.306. The third-order valence-electron chi connectivity index (χ3n) is 7.98. The largest absolute Gasteiger partial charge is 1.00 e. The summed E-state index contributed by atoms with van der Waals surface area (Å²) in [7, 11) is 0. The second kappa shape index (κ2) is 15.2. The summed E-state index contributed by atoms with van der Waals surface area (Å²) < 4.78 is 11.4. The number of amides is 3. The fraction of sp³-hybridized carbons (Fsp3) is 0.364. The molecule has 1 saturated carbocycles. The van der Waals surface area contributed by atoms with Crippen molar-refractivity contribution < 1.29 is 53.3 Å². The number of aliphatic carboxylic acids is 1. The van der Waals surface area contributed by atoms with Crippen LogP contribution in [0.1, 0.15) is 59.2 Å². The number of rotatable bonds is 7. The molecule has 5 rings (SSSR count). The Balaban J connectivity index is 0.00000264. The van der Waals surface area contributed by atoms with Crippen molar-refractivity contribution in [2.75, 3.05) is 23.8 Å². The first-order chi connectivity index (χ1) is 20.2. The predicted molar refractivity (Wildman–Crippen MR) is 164 cm³/mol. The molecule has 0 bridgehead atoms.